The van der Waals surface area contributed by atoms with Gasteiger partial charge < -0.3 is 4.74 Å². The molecule has 0 fully saturated rings. The van der Waals surface area contributed by atoms with Crippen LogP contribution in [0.1, 0.15) is 0 Å². The Morgan fingerprint density at radius 2 is 1.80 bits per heavy atom. The van der Waals surface area contributed by atoms with Crippen molar-refractivity contribution in [3.8, 4) is 11.1 Å². The molecule has 0 unspecified atom stereocenters. The zero-order valence-corrected chi connectivity index (χ0v) is 10.9. The fourth-order valence-corrected chi connectivity index (χ4v) is 1.68. The Morgan fingerprint density at radius 1 is 1.10 bits per heavy atom. The van der Waals surface area contributed by atoms with Gasteiger partial charge in [0.05, 0.1) is 5.69 Å². The molecule has 0 bridgehead atoms. The van der Waals surface area contributed by atoms with E-state index in [1.165, 1.54) is 6.08 Å². The topological polar surface area (TPSA) is 51.0 Å². The second-order valence-electron chi connectivity index (χ2n) is 3.95. The molecule has 4 nitrogen and oxygen atoms in total. The third-order valence-corrected chi connectivity index (χ3v) is 2.55. The fourth-order valence-electron chi connectivity index (χ4n) is 1.68. The van der Waals surface area contributed by atoms with Crippen LogP contribution in [0.15, 0.2) is 77.5 Å². The first-order valence-corrected chi connectivity index (χ1v) is 6.15. The number of hydrogen-bond acceptors (Lipinski definition) is 3. The first-order valence-electron chi connectivity index (χ1n) is 6.15. The summed E-state index contributed by atoms with van der Waals surface area (Å²) in [4.78, 5) is 11.3. The van der Waals surface area contributed by atoms with Crippen molar-refractivity contribution in [2.45, 2.75) is 0 Å². The molecule has 0 heterocycles. The summed E-state index contributed by atoms with van der Waals surface area (Å²) < 4.78 is 4.74. The number of ether oxygens (including phenoxy) is 1. The zero-order valence-electron chi connectivity index (χ0n) is 10.9. The molecule has 1 amide bonds. The van der Waals surface area contributed by atoms with Crippen LogP contribution in [0, 0.1) is 0 Å². The van der Waals surface area contributed by atoms with Crippen molar-refractivity contribution in [2.75, 3.05) is 6.61 Å². The number of hydrogen-bond donors (Lipinski definition) is 0. The molecule has 0 radical (unpaired) electrons. The summed E-state index contributed by atoms with van der Waals surface area (Å²) in [6, 6.07) is 17.3. The number of azo groups is 1. The molecule has 100 valence electrons. The molecule has 2 aromatic rings. The summed E-state index contributed by atoms with van der Waals surface area (Å²) in [5.74, 6) is 0. The van der Waals surface area contributed by atoms with Gasteiger partial charge in [0.15, 0.2) is 0 Å². The van der Waals surface area contributed by atoms with Crippen molar-refractivity contribution in [2.24, 2.45) is 10.2 Å². The highest BCUT2D eigenvalue weighted by molar-refractivity contribution is 5.76. The molecule has 0 aliphatic carbocycles. The molecule has 0 atom stereocenters. The molecule has 0 N–H and O–H groups in total. The fraction of sp³-hybridized carbons (Fsp3) is 0.0625. The number of nitrogens with zero attached hydrogens (tertiary/aromatic N) is 2. The van der Waals surface area contributed by atoms with Gasteiger partial charge in [-0.1, -0.05) is 66.3 Å². The molecule has 0 aromatic heterocycles. The van der Waals surface area contributed by atoms with Gasteiger partial charge in [0.2, 0.25) is 0 Å². The molecule has 0 saturated carbocycles. The lowest BCUT2D eigenvalue weighted by Crippen LogP contribution is -1.96. The summed E-state index contributed by atoms with van der Waals surface area (Å²) in [7, 11) is 0. The van der Waals surface area contributed by atoms with Crippen LogP contribution < -0.4 is 0 Å². The van der Waals surface area contributed by atoms with E-state index in [0.29, 0.717) is 5.69 Å². The lowest BCUT2D eigenvalue weighted by Gasteiger charge is -2.04. The maximum Gasteiger partial charge on any atom is 0.452 e. The highest BCUT2D eigenvalue weighted by atomic mass is 16.5. The van der Waals surface area contributed by atoms with Crippen LogP contribution in [0.25, 0.3) is 11.1 Å². The van der Waals surface area contributed by atoms with Gasteiger partial charge in [0.1, 0.15) is 6.61 Å². The van der Waals surface area contributed by atoms with Crippen molar-refractivity contribution in [3.63, 3.8) is 0 Å². The maximum atomic E-state index is 11.3. The summed E-state index contributed by atoms with van der Waals surface area (Å²) in [5.41, 5.74) is 2.55. The Morgan fingerprint density at radius 3 is 2.55 bits per heavy atom. The molecule has 2 rings (SSSR count). The van der Waals surface area contributed by atoms with E-state index in [9.17, 15) is 4.79 Å². The minimum atomic E-state index is -0.729. The quantitative estimate of drug-likeness (QED) is 0.591. The third kappa shape index (κ3) is 3.62. The molecule has 0 aliphatic rings. The van der Waals surface area contributed by atoms with E-state index in [2.05, 4.69) is 16.8 Å². The average Bonchev–Trinajstić information content (AvgIpc) is 2.52. The SMILES string of the molecule is C=CCOC(=O)N=Nc1ccccc1-c1ccccc1. The van der Waals surface area contributed by atoms with Crippen LogP contribution in [-0.2, 0) is 4.74 Å². The van der Waals surface area contributed by atoms with Crippen LogP contribution in [0.2, 0.25) is 0 Å². The van der Waals surface area contributed by atoms with E-state index in [4.69, 9.17) is 4.74 Å². The monoisotopic (exact) mass is 266 g/mol. The minimum absolute atomic E-state index is 0.123. The summed E-state index contributed by atoms with van der Waals surface area (Å²) >= 11 is 0. The molecule has 0 spiro atoms. The highest BCUT2D eigenvalue weighted by Crippen LogP contribution is 2.29. The van der Waals surface area contributed by atoms with Gasteiger partial charge in [-0.2, -0.15) is 0 Å². The van der Waals surface area contributed by atoms with Gasteiger partial charge in [-0.15, -0.1) is 5.11 Å². The Kier molecular flexibility index (Phi) is 4.78. The lowest BCUT2D eigenvalue weighted by molar-refractivity contribution is 0.168. The van der Waals surface area contributed by atoms with Crippen LogP contribution in [-0.4, -0.2) is 12.7 Å². The predicted octanol–water partition coefficient (Wildman–Crippen LogP) is 4.76. The number of carbonyl (C=O) groups is 1. The Labute approximate surface area is 117 Å². The molecule has 0 aliphatic heterocycles. The standard InChI is InChI=1S/C16H14N2O2/c1-2-12-20-16(19)18-17-15-11-7-6-10-14(15)13-8-4-3-5-9-13/h2-11H,1,12H2. The van der Waals surface area contributed by atoms with Crippen molar-refractivity contribution < 1.29 is 9.53 Å². The van der Waals surface area contributed by atoms with Crippen molar-refractivity contribution in [3.05, 3.63) is 67.3 Å². The summed E-state index contributed by atoms with van der Waals surface area (Å²) in [5, 5.41) is 7.49. The predicted molar refractivity (Wildman–Crippen MR) is 77.9 cm³/mol. The summed E-state index contributed by atoms with van der Waals surface area (Å²) in [6.45, 7) is 3.58. The number of carbonyl (C=O) groups excluding carboxylic acids is 1. The van der Waals surface area contributed by atoms with Crippen LogP contribution >= 0.6 is 0 Å². The molecule has 4 heteroatoms. The van der Waals surface area contributed by atoms with E-state index >= 15 is 0 Å². The van der Waals surface area contributed by atoms with Gasteiger partial charge in [-0.25, -0.2) is 4.79 Å². The first kappa shape index (κ1) is 13.7. The van der Waals surface area contributed by atoms with Gasteiger partial charge in [-0.3, -0.25) is 0 Å². The van der Waals surface area contributed by atoms with Crippen molar-refractivity contribution >= 4 is 11.8 Å². The Balaban J connectivity index is 2.23. The molecule has 0 saturated heterocycles. The van der Waals surface area contributed by atoms with Gasteiger partial charge in [0, 0.05) is 5.56 Å². The highest BCUT2D eigenvalue weighted by Gasteiger charge is 2.04. The van der Waals surface area contributed by atoms with E-state index in [-0.39, 0.29) is 6.61 Å². The number of amides is 1. The number of benzene rings is 2. The largest absolute Gasteiger partial charge is 0.452 e. The molecule has 20 heavy (non-hydrogen) atoms. The van der Waals surface area contributed by atoms with E-state index in [0.717, 1.165) is 11.1 Å². The second kappa shape index (κ2) is 6.99. The van der Waals surface area contributed by atoms with Crippen LogP contribution in [0.3, 0.4) is 0 Å². The van der Waals surface area contributed by atoms with E-state index < -0.39 is 6.09 Å². The smallest absolute Gasteiger partial charge is 0.443 e. The number of rotatable bonds is 4. The molecular formula is C16H14N2O2. The second-order valence-corrected chi connectivity index (χ2v) is 3.95. The normalized spacial score (nSPS) is 10.4. The van der Waals surface area contributed by atoms with E-state index in [1.807, 2.05) is 48.5 Å². The minimum Gasteiger partial charge on any atom is -0.443 e. The van der Waals surface area contributed by atoms with Gasteiger partial charge in [-0.05, 0) is 11.6 Å². The Hall–Kier alpha value is -2.75. The Bertz CT molecular complexity index is 621. The zero-order chi connectivity index (χ0) is 14.2. The van der Waals surface area contributed by atoms with Crippen LogP contribution in [0.4, 0.5) is 10.5 Å². The maximum absolute atomic E-state index is 11.3. The summed E-state index contributed by atoms with van der Waals surface area (Å²) in [6.07, 6.45) is 0.749. The van der Waals surface area contributed by atoms with Gasteiger partial charge in [0.25, 0.3) is 0 Å². The van der Waals surface area contributed by atoms with Crippen molar-refractivity contribution in [1.29, 1.82) is 0 Å². The average molecular weight is 266 g/mol. The van der Waals surface area contributed by atoms with Crippen LogP contribution in [0.5, 0.6) is 0 Å². The molecule has 2 aromatic carbocycles. The first-order chi connectivity index (χ1) is 9.81. The lowest BCUT2D eigenvalue weighted by atomic mass is 10.0. The van der Waals surface area contributed by atoms with E-state index in [1.54, 1.807) is 6.07 Å². The van der Waals surface area contributed by atoms with Crippen molar-refractivity contribution in [1.82, 2.24) is 0 Å². The van der Waals surface area contributed by atoms with Gasteiger partial charge >= 0.3 is 6.09 Å². The third-order valence-electron chi connectivity index (χ3n) is 2.55. The molecular weight excluding hydrogens is 252 g/mol.